The lowest BCUT2D eigenvalue weighted by atomic mass is 9.92. The van der Waals surface area contributed by atoms with Gasteiger partial charge in [-0.2, -0.15) is 5.26 Å². The van der Waals surface area contributed by atoms with Crippen molar-refractivity contribution in [3.05, 3.63) is 27.1 Å². The monoisotopic (exact) mass is 427 g/mol. The molecule has 6 heteroatoms. The van der Waals surface area contributed by atoms with Crippen LogP contribution in [-0.2, 0) is 4.79 Å². The van der Waals surface area contributed by atoms with Gasteiger partial charge in [-0.05, 0) is 47.0 Å². The minimum absolute atomic E-state index is 0.140. The molecule has 1 aliphatic rings. The zero-order valence-electron chi connectivity index (χ0n) is 12.3. The first kappa shape index (κ1) is 17.3. The second-order valence-corrected chi connectivity index (χ2v) is 7.40. The molecule has 2 N–H and O–H groups in total. The Balaban J connectivity index is 1.93. The molecule has 2 rings (SSSR count). The van der Waals surface area contributed by atoms with Gasteiger partial charge in [-0.1, -0.05) is 41.6 Å². The maximum atomic E-state index is 12.2. The minimum atomic E-state index is -0.688. The quantitative estimate of drug-likeness (QED) is 0.700. The highest BCUT2D eigenvalue weighted by Gasteiger charge is 2.32. The van der Waals surface area contributed by atoms with E-state index in [0.29, 0.717) is 0 Å². The van der Waals surface area contributed by atoms with Crippen LogP contribution in [0, 0.1) is 11.3 Å². The number of benzene rings is 1. The number of anilines is 1. The lowest BCUT2D eigenvalue weighted by Crippen LogP contribution is -2.48. The summed E-state index contributed by atoms with van der Waals surface area (Å²) in [5, 5.41) is 15.5. The summed E-state index contributed by atoms with van der Waals surface area (Å²) in [5.41, 5.74) is 0.164. The predicted molar refractivity (Wildman–Crippen MR) is 94.5 cm³/mol. The van der Waals surface area contributed by atoms with E-state index in [-0.39, 0.29) is 12.5 Å². The van der Waals surface area contributed by atoms with Crippen molar-refractivity contribution in [2.24, 2.45) is 0 Å². The van der Waals surface area contributed by atoms with E-state index in [4.69, 9.17) is 0 Å². The largest absolute Gasteiger partial charge is 0.375 e. The molecule has 0 spiro atoms. The fourth-order valence-corrected chi connectivity index (χ4v) is 3.90. The van der Waals surface area contributed by atoms with Gasteiger partial charge in [-0.25, -0.2) is 0 Å². The van der Waals surface area contributed by atoms with Crippen LogP contribution in [0.5, 0.6) is 0 Å². The molecule has 118 valence electrons. The number of hydrogen-bond donors (Lipinski definition) is 2. The van der Waals surface area contributed by atoms with Gasteiger partial charge < -0.3 is 10.6 Å². The van der Waals surface area contributed by atoms with Crippen molar-refractivity contribution >= 4 is 43.5 Å². The molecule has 4 nitrogen and oxygen atoms in total. The maximum Gasteiger partial charge on any atom is 0.240 e. The van der Waals surface area contributed by atoms with Gasteiger partial charge >= 0.3 is 0 Å². The Morgan fingerprint density at radius 2 is 1.91 bits per heavy atom. The highest BCUT2D eigenvalue weighted by atomic mass is 79.9. The number of carbonyl (C=O) groups excluding carboxylic acids is 1. The van der Waals surface area contributed by atoms with Crippen LogP contribution in [0.3, 0.4) is 0 Å². The number of nitriles is 1. The molecular formula is C16H19Br2N3O. The van der Waals surface area contributed by atoms with Crippen LogP contribution in [0.15, 0.2) is 27.1 Å². The molecule has 22 heavy (non-hydrogen) atoms. The highest BCUT2D eigenvalue weighted by molar-refractivity contribution is 9.11. The number of nitrogens with zero attached hydrogens (tertiary/aromatic N) is 1. The Morgan fingerprint density at radius 3 is 2.50 bits per heavy atom. The van der Waals surface area contributed by atoms with Crippen LogP contribution in [0.25, 0.3) is 0 Å². The molecule has 1 amide bonds. The molecule has 1 fully saturated rings. The van der Waals surface area contributed by atoms with Gasteiger partial charge in [-0.3, -0.25) is 4.79 Å². The summed E-state index contributed by atoms with van der Waals surface area (Å²) in [5.74, 6) is -0.140. The molecule has 1 saturated carbocycles. The third-order valence-electron chi connectivity index (χ3n) is 3.92. The number of amides is 1. The van der Waals surface area contributed by atoms with E-state index in [2.05, 4.69) is 48.6 Å². The van der Waals surface area contributed by atoms with Crippen LogP contribution in [0.4, 0.5) is 5.69 Å². The first-order chi connectivity index (χ1) is 10.5. The van der Waals surface area contributed by atoms with Gasteiger partial charge in [0.2, 0.25) is 5.91 Å². The fraction of sp³-hybridized carbons (Fsp3) is 0.500. The van der Waals surface area contributed by atoms with Crippen molar-refractivity contribution in [1.82, 2.24) is 5.32 Å². The third-order valence-corrected chi connectivity index (χ3v) is 5.07. The van der Waals surface area contributed by atoms with Crippen molar-refractivity contribution in [2.75, 3.05) is 11.9 Å². The first-order valence-electron chi connectivity index (χ1n) is 7.46. The van der Waals surface area contributed by atoms with Crippen molar-refractivity contribution < 1.29 is 4.79 Å². The SMILES string of the molecule is N#CC1(NC(=O)CNc2ccc(Br)cc2Br)CCCCCC1. The van der Waals surface area contributed by atoms with Crippen molar-refractivity contribution in [2.45, 2.75) is 44.1 Å². The number of nitrogens with one attached hydrogen (secondary N) is 2. The normalized spacial score (nSPS) is 17.1. The van der Waals surface area contributed by atoms with Gasteiger partial charge in [0.25, 0.3) is 0 Å². The minimum Gasteiger partial charge on any atom is -0.375 e. The Morgan fingerprint density at radius 1 is 1.23 bits per heavy atom. The molecule has 1 aromatic carbocycles. The molecule has 0 heterocycles. The summed E-state index contributed by atoms with van der Waals surface area (Å²) in [6.45, 7) is 0.156. The van der Waals surface area contributed by atoms with E-state index in [0.717, 1.165) is 53.2 Å². The van der Waals surface area contributed by atoms with Crippen LogP contribution in [0.1, 0.15) is 38.5 Å². The number of carbonyl (C=O) groups is 1. The second-order valence-electron chi connectivity index (χ2n) is 5.63. The van der Waals surface area contributed by atoms with Crippen LogP contribution in [-0.4, -0.2) is 18.0 Å². The molecule has 1 aliphatic carbocycles. The van der Waals surface area contributed by atoms with Crippen LogP contribution < -0.4 is 10.6 Å². The molecule has 0 aliphatic heterocycles. The maximum absolute atomic E-state index is 12.2. The third kappa shape index (κ3) is 4.72. The van der Waals surface area contributed by atoms with E-state index in [1.165, 1.54) is 0 Å². The molecule has 0 atom stereocenters. The smallest absolute Gasteiger partial charge is 0.240 e. The van der Waals surface area contributed by atoms with E-state index in [9.17, 15) is 10.1 Å². The zero-order valence-corrected chi connectivity index (χ0v) is 15.5. The molecule has 0 saturated heterocycles. The van der Waals surface area contributed by atoms with Gasteiger partial charge in [-0.15, -0.1) is 0 Å². The molecule has 0 radical (unpaired) electrons. The fourth-order valence-electron chi connectivity index (χ4n) is 2.72. The Bertz CT molecular complexity index is 575. The number of rotatable bonds is 4. The summed E-state index contributed by atoms with van der Waals surface area (Å²) in [6.07, 6.45) is 5.78. The highest BCUT2D eigenvalue weighted by Crippen LogP contribution is 2.27. The van der Waals surface area contributed by atoms with Crippen LogP contribution >= 0.6 is 31.9 Å². The topological polar surface area (TPSA) is 64.9 Å². The zero-order chi connectivity index (χ0) is 16.0. The molecule has 0 bridgehead atoms. The molecular weight excluding hydrogens is 410 g/mol. The Kier molecular flexibility index (Phi) is 6.27. The summed E-state index contributed by atoms with van der Waals surface area (Å²) in [7, 11) is 0. The van der Waals surface area contributed by atoms with Gasteiger partial charge in [0, 0.05) is 14.6 Å². The lowest BCUT2D eigenvalue weighted by molar-refractivity contribution is -0.120. The second kappa shape index (κ2) is 7.98. The standard InChI is InChI=1S/C16H19Br2N3O/c17-12-5-6-14(13(18)9-12)20-10-15(22)21-16(11-19)7-3-1-2-4-8-16/h5-6,9,20H,1-4,7-8,10H2,(H,21,22). The van der Waals surface area contributed by atoms with E-state index >= 15 is 0 Å². The van der Waals surface area contributed by atoms with Crippen molar-refractivity contribution in [1.29, 1.82) is 5.26 Å². The Labute approximate surface area is 147 Å². The van der Waals surface area contributed by atoms with Crippen LogP contribution in [0.2, 0.25) is 0 Å². The van der Waals surface area contributed by atoms with Crippen molar-refractivity contribution in [3.63, 3.8) is 0 Å². The molecule has 0 unspecified atom stereocenters. The van der Waals surface area contributed by atoms with Gasteiger partial charge in [0.05, 0.1) is 12.6 Å². The van der Waals surface area contributed by atoms with E-state index in [1.54, 1.807) is 0 Å². The van der Waals surface area contributed by atoms with Gasteiger partial charge in [0.1, 0.15) is 5.54 Å². The average molecular weight is 429 g/mol. The number of hydrogen-bond acceptors (Lipinski definition) is 3. The summed E-state index contributed by atoms with van der Waals surface area (Å²) in [4.78, 5) is 12.2. The summed E-state index contributed by atoms with van der Waals surface area (Å²) in [6, 6.07) is 8.05. The van der Waals surface area contributed by atoms with Gasteiger partial charge in [0.15, 0.2) is 0 Å². The summed E-state index contributed by atoms with van der Waals surface area (Å²) < 4.78 is 1.86. The lowest BCUT2D eigenvalue weighted by Gasteiger charge is -2.26. The average Bonchev–Trinajstić information content (AvgIpc) is 2.72. The summed E-state index contributed by atoms with van der Waals surface area (Å²) >= 11 is 6.85. The van der Waals surface area contributed by atoms with E-state index < -0.39 is 5.54 Å². The number of halogens is 2. The van der Waals surface area contributed by atoms with E-state index in [1.807, 2.05) is 18.2 Å². The molecule has 0 aromatic heterocycles. The predicted octanol–water partition coefficient (Wildman–Crippen LogP) is 4.36. The molecule has 1 aromatic rings. The van der Waals surface area contributed by atoms with Crippen molar-refractivity contribution in [3.8, 4) is 6.07 Å². The first-order valence-corrected chi connectivity index (χ1v) is 9.04. The Hall–Kier alpha value is -1.06.